The zero-order valence-corrected chi connectivity index (χ0v) is 15.2. The molecule has 0 unspecified atom stereocenters. The predicted octanol–water partition coefficient (Wildman–Crippen LogP) is 4.09. The number of halogens is 1. The average Bonchev–Trinajstić information content (AvgIpc) is 3.09. The maximum absolute atomic E-state index is 12.3. The Labute approximate surface area is 149 Å². The Morgan fingerprint density at radius 2 is 2.08 bits per heavy atom. The first-order chi connectivity index (χ1) is 11.4. The lowest BCUT2D eigenvalue weighted by atomic mass is 10.2. The van der Waals surface area contributed by atoms with E-state index in [4.69, 9.17) is 11.6 Å². The lowest BCUT2D eigenvalue weighted by Gasteiger charge is -2.08. The molecule has 124 valence electrons. The van der Waals surface area contributed by atoms with E-state index in [1.807, 2.05) is 38.3 Å². The first-order valence-corrected chi connectivity index (χ1v) is 8.72. The van der Waals surface area contributed by atoms with E-state index in [1.54, 1.807) is 16.8 Å². The fourth-order valence-corrected chi connectivity index (χ4v) is 3.39. The molecule has 0 bridgehead atoms. The summed E-state index contributed by atoms with van der Waals surface area (Å²) in [4.78, 5) is 16.8. The number of hydrogen-bond donors (Lipinski definition) is 1. The highest BCUT2D eigenvalue weighted by atomic mass is 35.5. The molecule has 1 aromatic carbocycles. The van der Waals surface area contributed by atoms with Crippen molar-refractivity contribution in [3.05, 3.63) is 57.3 Å². The summed E-state index contributed by atoms with van der Waals surface area (Å²) in [7, 11) is 0. The molecule has 0 radical (unpaired) electrons. The Morgan fingerprint density at radius 3 is 2.79 bits per heavy atom. The number of carbonyl (C=O) groups is 1. The van der Waals surface area contributed by atoms with E-state index in [0.29, 0.717) is 5.02 Å². The number of carbonyl (C=O) groups excluding carboxylic acids is 1. The number of amides is 1. The van der Waals surface area contributed by atoms with Crippen molar-refractivity contribution in [3.8, 4) is 5.13 Å². The van der Waals surface area contributed by atoms with Gasteiger partial charge in [0, 0.05) is 21.8 Å². The molecular weight excluding hydrogens is 344 g/mol. The van der Waals surface area contributed by atoms with Gasteiger partial charge in [0.25, 0.3) is 0 Å². The second-order valence-electron chi connectivity index (χ2n) is 5.64. The third-order valence-electron chi connectivity index (χ3n) is 3.55. The van der Waals surface area contributed by atoms with Crippen LogP contribution in [0, 0.1) is 20.8 Å². The predicted molar refractivity (Wildman–Crippen MR) is 97.2 cm³/mol. The molecule has 5 nitrogen and oxygen atoms in total. The number of thiazole rings is 1. The summed E-state index contributed by atoms with van der Waals surface area (Å²) in [6.07, 6.45) is 0.210. The van der Waals surface area contributed by atoms with Gasteiger partial charge in [-0.3, -0.25) is 4.79 Å². The van der Waals surface area contributed by atoms with Gasteiger partial charge in [-0.1, -0.05) is 17.7 Å². The maximum atomic E-state index is 12.3. The van der Waals surface area contributed by atoms with E-state index in [2.05, 4.69) is 15.4 Å². The molecule has 7 heteroatoms. The van der Waals surface area contributed by atoms with Crippen LogP contribution in [0.25, 0.3) is 5.13 Å². The van der Waals surface area contributed by atoms with Crippen LogP contribution in [0.5, 0.6) is 0 Å². The van der Waals surface area contributed by atoms with Crippen molar-refractivity contribution >= 4 is 34.5 Å². The third-order valence-corrected chi connectivity index (χ3v) is 4.65. The number of aryl methyl sites for hydroxylation is 3. The Hall–Kier alpha value is -2.18. The Bertz CT molecular complexity index is 900. The van der Waals surface area contributed by atoms with E-state index < -0.39 is 0 Å². The van der Waals surface area contributed by atoms with Gasteiger partial charge in [-0.25, -0.2) is 9.67 Å². The minimum atomic E-state index is -0.120. The van der Waals surface area contributed by atoms with E-state index in [-0.39, 0.29) is 12.3 Å². The lowest BCUT2D eigenvalue weighted by molar-refractivity contribution is -0.115. The molecule has 0 atom stereocenters. The first kappa shape index (κ1) is 16.7. The number of hydrogen-bond acceptors (Lipinski definition) is 4. The van der Waals surface area contributed by atoms with Crippen molar-refractivity contribution in [2.45, 2.75) is 27.2 Å². The quantitative estimate of drug-likeness (QED) is 0.762. The zero-order chi connectivity index (χ0) is 17.3. The van der Waals surface area contributed by atoms with Gasteiger partial charge in [-0.05, 0) is 44.5 Å². The summed E-state index contributed by atoms with van der Waals surface area (Å²) in [6, 6.07) is 7.42. The number of rotatable bonds is 4. The van der Waals surface area contributed by atoms with Crippen LogP contribution in [0.2, 0.25) is 5.02 Å². The van der Waals surface area contributed by atoms with Crippen molar-refractivity contribution in [2.24, 2.45) is 0 Å². The molecule has 0 saturated heterocycles. The fourth-order valence-electron chi connectivity index (χ4n) is 2.39. The molecule has 0 spiro atoms. The maximum Gasteiger partial charge on any atom is 0.230 e. The van der Waals surface area contributed by atoms with Crippen LogP contribution >= 0.6 is 22.9 Å². The fraction of sp³-hybridized carbons (Fsp3) is 0.235. The summed E-state index contributed by atoms with van der Waals surface area (Å²) < 4.78 is 1.79. The molecular formula is C17H17ClN4OS. The molecule has 2 heterocycles. The number of anilines is 1. The molecule has 1 amide bonds. The molecule has 0 aliphatic rings. The van der Waals surface area contributed by atoms with Crippen LogP contribution in [0.3, 0.4) is 0 Å². The molecule has 2 aromatic heterocycles. The van der Waals surface area contributed by atoms with Crippen LogP contribution in [-0.2, 0) is 11.2 Å². The van der Waals surface area contributed by atoms with E-state index in [0.717, 1.165) is 33.5 Å². The molecule has 24 heavy (non-hydrogen) atoms. The summed E-state index contributed by atoms with van der Waals surface area (Å²) in [5.74, 6) is -0.120. The van der Waals surface area contributed by atoms with E-state index in [1.165, 1.54) is 11.3 Å². The van der Waals surface area contributed by atoms with Gasteiger partial charge in [0.1, 0.15) is 0 Å². The lowest BCUT2D eigenvalue weighted by Crippen LogP contribution is -2.15. The van der Waals surface area contributed by atoms with Crippen LogP contribution in [0.1, 0.15) is 22.6 Å². The monoisotopic (exact) mass is 360 g/mol. The second-order valence-corrected chi connectivity index (χ2v) is 6.92. The van der Waals surface area contributed by atoms with E-state index in [9.17, 15) is 4.79 Å². The highest BCUT2D eigenvalue weighted by Gasteiger charge is 2.12. The zero-order valence-electron chi connectivity index (χ0n) is 13.6. The molecule has 0 aliphatic heterocycles. The highest BCUT2D eigenvalue weighted by molar-refractivity contribution is 7.12. The van der Waals surface area contributed by atoms with Crippen LogP contribution < -0.4 is 5.32 Å². The van der Waals surface area contributed by atoms with Crippen LogP contribution in [0.15, 0.2) is 29.6 Å². The Morgan fingerprint density at radius 1 is 1.29 bits per heavy atom. The standard InChI is InChI=1S/C17H17ClN4OS/c1-10-4-5-13(18)7-15(10)20-16(23)8-14-9-24-17(19-14)22-12(3)6-11(2)21-22/h4-7,9H,8H2,1-3H3,(H,20,23). The Kier molecular flexibility index (Phi) is 4.69. The first-order valence-electron chi connectivity index (χ1n) is 7.46. The minimum Gasteiger partial charge on any atom is -0.325 e. The molecule has 0 fully saturated rings. The number of aromatic nitrogens is 3. The molecule has 0 aliphatic carbocycles. The highest BCUT2D eigenvalue weighted by Crippen LogP contribution is 2.21. The van der Waals surface area contributed by atoms with Gasteiger partial charge in [-0.15, -0.1) is 11.3 Å². The van der Waals surface area contributed by atoms with Gasteiger partial charge in [-0.2, -0.15) is 5.10 Å². The van der Waals surface area contributed by atoms with Gasteiger partial charge in [0.2, 0.25) is 11.0 Å². The summed E-state index contributed by atoms with van der Waals surface area (Å²) >= 11 is 7.45. The van der Waals surface area contributed by atoms with Gasteiger partial charge < -0.3 is 5.32 Å². The number of benzene rings is 1. The normalized spacial score (nSPS) is 10.8. The molecule has 1 N–H and O–H groups in total. The SMILES string of the molecule is Cc1cc(C)n(-c2nc(CC(=O)Nc3cc(Cl)ccc3C)cs2)n1. The largest absolute Gasteiger partial charge is 0.325 e. The average molecular weight is 361 g/mol. The summed E-state index contributed by atoms with van der Waals surface area (Å²) in [5, 5.41) is 10.5. The second kappa shape index (κ2) is 6.75. The smallest absolute Gasteiger partial charge is 0.230 e. The van der Waals surface area contributed by atoms with Crippen molar-refractivity contribution in [3.63, 3.8) is 0 Å². The summed E-state index contributed by atoms with van der Waals surface area (Å²) in [5.41, 5.74) is 4.38. The topological polar surface area (TPSA) is 59.8 Å². The van der Waals surface area contributed by atoms with Crippen LogP contribution in [-0.4, -0.2) is 20.7 Å². The van der Waals surface area contributed by atoms with Gasteiger partial charge >= 0.3 is 0 Å². The van der Waals surface area contributed by atoms with Crippen molar-refractivity contribution < 1.29 is 4.79 Å². The molecule has 0 saturated carbocycles. The summed E-state index contributed by atoms with van der Waals surface area (Å²) in [6.45, 7) is 5.85. The van der Waals surface area contributed by atoms with Gasteiger partial charge in [0.15, 0.2) is 0 Å². The number of nitrogens with zero attached hydrogens (tertiary/aromatic N) is 3. The van der Waals surface area contributed by atoms with Crippen molar-refractivity contribution in [1.29, 1.82) is 0 Å². The Balaban J connectivity index is 1.71. The molecule has 3 aromatic rings. The van der Waals surface area contributed by atoms with Crippen molar-refractivity contribution in [2.75, 3.05) is 5.32 Å². The minimum absolute atomic E-state index is 0.120. The third kappa shape index (κ3) is 3.66. The van der Waals surface area contributed by atoms with Crippen molar-refractivity contribution in [1.82, 2.24) is 14.8 Å². The van der Waals surface area contributed by atoms with Crippen LogP contribution in [0.4, 0.5) is 5.69 Å². The van der Waals surface area contributed by atoms with E-state index >= 15 is 0 Å². The number of nitrogens with one attached hydrogen (secondary N) is 1. The van der Waals surface area contributed by atoms with Gasteiger partial charge in [0.05, 0.1) is 17.8 Å². The molecule has 3 rings (SSSR count).